The van der Waals surface area contributed by atoms with Crippen LogP contribution in [0.1, 0.15) is 39.1 Å². The van der Waals surface area contributed by atoms with Gasteiger partial charge in [-0.25, -0.2) is 14.5 Å². The smallest absolute Gasteiger partial charge is 0.433 e. The first-order chi connectivity index (χ1) is 19.0. The first-order valence-electron chi connectivity index (χ1n) is 11.4. The van der Waals surface area contributed by atoms with Gasteiger partial charge in [0.05, 0.1) is 35.3 Å². The Morgan fingerprint density at radius 3 is 2.50 bits per heavy atom. The first kappa shape index (κ1) is 27.4. The first-order valence-corrected chi connectivity index (χ1v) is 15.0. The fraction of sp³-hybridized carbons (Fsp3) is 0.120. The summed E-state index contributed by atoms with van der Waals surface area (Å²) in [6, 6.07) is 13.0. The number of rotatable bonds is 4. The van der Waals surface area contributed by atoms with Crippen LogP contribution in [-0.2, 0) is 6.18 Å². The summed E-state index contributed by atoms with van der Waals surface area (Å²) in [6.45, 7) is 0. The zero-order valence-corrected chi connectivity index (χ0v) is 25.2. The van der Waals surface area contributed by atoms with E-state index in [-0.39, 0.29) is 29.2 Å². The molecule has 0 radical (unpaired) electrons. The van der Waals surface area contributed by atoms with E-state index in [9.17, 15) is 23.1 Å². The molecule has 15 heteroatoms. The summed E-state index contributed by atoms with van der Waals surface area (Å²) in [5.41, 5.74) is -0.472. The molecule has 6 rings (SSSR count). The summed E-state index contributed by atoms with van der Waals surface area (Å²) < 4.78 is 44.8. The van der Waals surface area contributed by atoms with Crippen molar-refractivity contribution in [2.45, 2.75) is 18.6 Å². The number of carbonyl (C=O) groups excluding carboxylic acids is 1. The molecule has 1 atom stereocenters. The van der Waals surface area contributed by atoms with Crippen molar-refractivity contribution in [3.8, 4) is 16.3 Å². The largest absolute Gasteiger partial charge is 0.508 e. The molecule has 4 aromatic heterocycles. The average molecular weight is 732 g/mol. The Morgan fingerprint density at radius 1 is 1.05 bits per heavy atom. The van der Waals surface area contributed by atoms with Gasteiger partial charge in [0, 0.05) is 22.5 Å². The van der Waals surface area contributed by atoms with Crippen LogP contribution in [0.4, 0.5) is 13.2 Å². The van der Waals surface area contributed by atoms with Crippen molar-refractivity contribution in [3.63, 3.8) is 0 Å². The van der Waals surface area contributed by atoms with Crippen LogP contribution in [-0.4, -0.2) is 36.3 Å². The van der Waals surface area contributed by atoms with Gasteiger partial charge in [0.1, 0.15) is 5.75 Å². The number of aromatic hydroxyl groups is 1. The van der Waals surface area contributed by atoms with Crippen LogP contribution in [0.5, 0.6) is 5.75 Å². The molecule has 0 fully saturated rings. The Kier molecular flexibility index (Phi) is 7.02. The van der Waals surface area contributed by atoms with Gasteiger partial charge in [-0.3, -0.25) is 4.79 Å². The van der Waals surface area contributed by atoms with Crippen molar-refractivity contribution in [2.24, 2.45) is 5.10 Å². The third-order valence-corrected chi connectivity index (χ3v) is 9.51. The predicted octanol–water partition coefficient (Wildman–Crippen LogP) is 8.41. The summed E-state index contributed by atoms with van der Waals surface area (Å²) >= 11 is 15.3. The molecule has 7 nitrogen and oxygen atoms in total. The number of nitrogens with zero attached hydrogens (tertiary/aromatic N) is 5. The average Bonchev–Trinajstić information content (AvgIpc) is 3.69. The second kappa shape index (κ2) is 10.2. The molecule has 0 bridgehead atoms. The normalized spacial score (nSPS) is 15.7. The Bertz CT molecular complexity index is 1830. The highest BCUT2D eigenvalue weighted by Gasteiger charge is 2.39. The van der Waals surface area contributed by atoms with E-state index in [4.69, 9.17) is 11.6 Å². The van der Waals surface area contributed by atoms with Gasteiger partial charge in [-0.15, -0.1) is 22.7 Å². The van der Waals surface area contributed by atoms with E-state index in [0.717, 1.165) is 31.1 Å². The van der Waals surface area contributed by atoms with Crippen molar-refractivity contribution in [2.75, 3.05) is 0 Å². The third kappa shape index (κ3) is 5.07. The lowest BCUT2D eigenvalue weighted by Crippen LogP contribution is -2.27. The van der Waals surface area contributed by atoms with E-state index in [1.807, 2.05) is 12.1 Å². The Labute approximate surface area is 253 Å². The van der Waals surface area contributed by atoms with Crippen molar-refractivity contribution >= 4 is 83.4 Å². The number of aromatic nitrogens is 3. The molecule has 0 unspecified atom stereocenters. The molecule has 5 heterocycles. The van der Waals surface area contributed by atoms with Crippen LogP contribution in [0.3, 0.4) is 0 Å². The number of phenolic OH excluding ortho intramolecular Hbond substituents is 1. The molecule has 1 aromatic carbocycles. The van der Waals surface area contributed by atoms with Gasteiger partial charge < -0.3 is 5.11 Å². The van der Waals surface area contributed by atoms with Crippen molar-refractivity contribution in [1.29, 1.82) is 0 Å². The monoisotopic (exact) mass is 729 g/mol. The van der Waals surface area contributed by atoms with Gasteiger partial charge in [0.25, 0.3) is 5.91 Å². The summed E-state index contributed by atoms with van der Waals surface area (Å²) in [4.78, 5) is 19.4. The maximum atomic E-state index is 14.1. The van der Waals surface area contributed by atoms with Gasteiger partial charge >= 0.3 is 6.18 Å². The van der Waals surface area contributed by atoms with Crippen molar-refractivity contribution in [1.82, 2.24) is 19.6 Å². The summed E-state index contributed by atoms with van der Waals surface area (Å²) in [5.74, 6) is -0.792. The molecule has 1 aliphatic rings. The second-order valence-corrected chi connectivity index (χ2v) is 13.7. The number of hydrogen-bond acceptors (Lipinski definition) is 7. The zero-order chi connectivity index (χ0) is 28.3. The molecule has 1 amide bonds. The summed E-state index contributed by atoms with van der Waals surface area (Å²) in [7, 11) is 0. The van der Waals surface area contributed by atoms with Gasteiger partial charge in [0.15, 0.2) is 17.0 Å². The Hall–Kier alpha value is -2.78. The number of fused-ring (bicyclic) bond motifs is 1. The fourth-order valence-corrected chi connectivity index (χ4v) is 7.09. The highest BCUT2D eigenvalue weighted by atomic mass is 79.9. The van der Waals surface area contributed by atoms with E-state index < -0.39 is 23.8 Å². The highest BCUT2D eigenvalue weighted by Crippen LogP contribution is 2.41. The minimum Gasteiger partial charge on any atom is -0.508 e. The molecule has 204 valence electrons. The lowest BCUT2D eigenvalue weighted by Gasteiger charge is -2.22. The highest BCUT2D eigenvalue weighted by molar-refractivity contribution is 9.11. The lowest BCUT2D eigenvalue weighted by molar-refractivity contribution is -0.142. The maximum Gasteiger partial charge on any atom is 0.433 e. The molecule has 1 aliphatic heterocycles. The van der Waals surface area contributed by atoms with Crippen LogP contribution >= 0.6 is 66.1 Å². The van der Waals surface area contributed by atoms with Gasteiger partial charge in [-0.1, -0.05) is 27.5 Å². The van der Waals surface area contributed by atoms with Crippen molar-refractivity contribution in [3.05, 3.63) is 89.0 Å². The molecular formula is C25H13Br2ClF3N5O2S2. The standard InChI is InChI=1S/C25H13Br2ClF3N5O2S2/c26-11-1-2-17(37)12(7-11)16-8-14(19-3-5-21(27)39-19)33-35(16)24(38)15-10-23-32-13(18-4-6-22(28)40-18)9-20(25(29,30)31)36(23)34-15/h1-7,9-10,16,37H,8H2/t16-/m0/s1. The topological polar surface area (TPSA) is 83.1 Å². The number of benzene rings is 1. The quantitative estimate of drug-likeness (QED) is 0.201. The van der Waals surface area contributed by atoms with Crippen LogP contribution in [0.2, 0.25) is 4.34 Å². The SMILES string of the molecule is O=C(c1cc2nc(-c3ccc(Cl)s3)cc(C(F)(F)F)n2n1)N1N=C(c2ccc(Br)s2)C[C@H]1c1cc(Br)ccc1O. The summed E-state index contributed by atoms with van der Waals surface area (Å²) in [5, 5.41) is 20.3. The molecular weight excluding hydrogens is 719 g/mol. The molecule has 0 aliphatic carbocycles. The number of hydrogen-bond donors (Lipinski definition) is 1. The van der Waals surface area contributed by atoms with Crippen molar-refractivity contribution < 1.29 is 23.1 Å². The molecule has 1 N–H and O–H groups in total. The number of amides is 1. The Balaban J connectivity index is 1.47. The maximum absolute atomic E-state index is 14.1. The molecule has 5 aromatic rings. The molecule has 0 spiro atoms. The fourth-order valence-electron chi connectivity index (χ4n) is 4.33. The molecule has 0 saturated carbocycles. The summed E-state index contributed by atoms with van der Waals surface area (Å²) in [6.07, 6.45) is -4.51. The van der Waals surface area contributed by atoms with Crippen LogP contribution in [0.25, 0.3) is 16.2 Å². The van der Waals surface area contributed by atoms with Crippen LogP contribution in [0, 0.1) is 0 Å². The number of halogens is 6. The van der Waals surface area contributed by atoms with Gasteiger partial charge in [-0.2, -0.15) is 23.4 Å². The zero-order valence-electron chi connectivity index (χ0n) is 19.7. The molecule has 40 heavy (non-hydrogen) atoms. The van der Waals surface area contributed by atoms with Crippen LogP contribution < -0.4 is 0 Å². The van der Waals surface area contributed by atoms with Gasteiger partial charge in [0.2, 0.25) is 0 Å². The number of hydrazone groups is 1. The second-order valence-electron chi connectivity index (χ2n) is 8.65. The number of phenols is 1. The lowest BCUT2D eigenvalue weighted by atomic mass is 10.00. The predicted molar refractivity (Wildman–Crippen MR) is 154 cm³/mol. The minimum atomic E-state index is -4.78. The third-order valence-electron chi connectivity index (χ3n) is 6.09. The number of carbonyl (C=O) groups is 1. The van der Waals surface area contributed by atoms with E-state index in [1.165, 1.54) is 23.5 Å². The van der Waals surface area contributed by atoms with E-state index in [0.29, 0.717) is 29.5 Å². The van der Waals surface area contributed by atoms with Crippen LogP contribution in [0.15, 0.2) is 68.0 Å². The minimum absolute atomic E-state index is 0.0508. The van der Waals surface area contributed by atoms with E-state index >= 15 is 0 Å². The molecule has 0 saturated heterocycles. The van der Waals surface area contributed by atoms with Gasteiger partial charge in [-0.05, 0) is 64.5 Å². The number of thiophene rings is 2. The number of alkyl halides is 3. The van der Waals surface area contributed by atoms with E-state index in [2.05, 4.69) is 47.0 Å². The Morgan fingerprint density at radius 2 is 1.82 bits per heavy atom. The van der Waals surface area contributed by atoms with E-state index in [1.54, 1.807) is 24.3 Å².